The average Bonchev–Trinajstić information content (AvgIpc) is 3.34. The minimum Gasteiger partial charge on any atom is -0.342 e. The second-order valence-corrected chi connectivity index (χ2v) is 7.90. The van der Waals surface area contributed by atoms with Crippen molar-refractivity contribution in [2.75, 3.05) is 39.3 Å². The molecule has 2 unspecified atom stereocenters. The van der Waals surface area contributed by atoms with Crippen LogP contribution in [0.5, 0.6) is 0 Å². The number of carbonyl (C=O) groups excluding carboxylic acids is 2. The van der Waals surface area contributed by atoms with Crippen LogP contribution >= 0.6 is 12.4 Å². The van der Waals surface area contributed by atoms with E-state index in [9.17, 15) is 9.59 Å². The smallest absolute Gasteiger partial charge is 0.228 e. The Hall–Kier alpha value is -2.38. The summed E-state index contributed by atoms with van der Waals surface area (Å²) >= 11 is 0. The molecule has 2 saturated heterocycles. The molecule has 0 spiro atoms. The van der Waals surface area contributed by atoms with Crippen molar-refractivity contribution in [2.24, 2.45) is 13.0 Å². The number of hydrogen-bond acceptors (Lipinski definition) is 4. The van der Waals surface area contributed by atoms with Gasteiger partial charge in [-0.3, -0.25) is 14.5 Å². The number of aromatic nitrogens is 2. The van der Waals surface area contributed by atoms with Crippen molar-refractivity contribution in [3.8, 4) is 0 Å². The maximum absolute atomic E-state index is 12.9. The summed E-state index contributed by atoms with van der Waals surface area (Å²) in [7, 11) is 2.02. The standard InChI is InChI=1S/C22H29N5O2.ClH/c1-3-25-16-18(15-19(25)28)22(29)27-13-11-26(12-14-27)20(17-7-5-4-6-8-17)21-23-9-10-24(21)2;/h4-10,18,20H,3,11-16H2,1-2H3;1H. The van der Waals surface area contributed by atoms with Gasteiger partial charge in [-0.05, 0) is 12.5 Å². The lowest BCUT2D eigenvalue weighted by Gasteiger charge is -2.39. The molecular formula is C22H30ClN5O2. The Morgan fingerprint density at radius 2 is 1.87 bits per heavy atom. The lowest BCUT2D eigenvalue weighted by atomic mass is 10.0. The topological polar surface area (TPSA) is 61.7 Å². The third-order valence-electron chi connectivity index (χ3n) is 6.15. The van der Waals surface area contributed by atoms with Crippen molar-refractivity contribution in [3.63, 3.8) is 0 Å². The van der Waals surface area contributed by atoms with Gasteiger partial charge < -0.3 is 14.4 Å². The van der Waals surface area contributed by atoms with Crippen LogP contribution in [0, 0.1) is 5.92 Å². The van der Waals surface area contributed by atoms with Crippen LogP contribution in [0.15, 0.2) is 42.7 Å². The number of likely N-dealkylation sites (tertiary alicyclic amines) is 1. The highest BCUT2D eigenvalue weighted by molar-refractivity contribution is 5.89. The van der Waals surface area contributed by atoms with Crippen LogP contribution in [0.25, 0.3) is 0 Å². The van der Waals surface area contributed by atoms with E-state index in [1.54, 1.807) is 4.90 Å². The monoisotopic (exact) mass is 431 g/mol. The third kappa shape index (κ3) is 4.37. The maximum Gasteiger partial charge on any atom is 0.228 e. The van der Waals surface area contributed by atoms with Crippen molar-refractivity contribution in [1.29, 1.82) is 0 Å². The van der Waals surface area contributed by atoms with Gasteiger partial charge in [-0.25, -0.2) is 4.98 Å². The van der Waals surface area contributed by atoms with Crippen molar-refractivity contribution in [1.82, 2.24) is 24.3 Å². The van der Waals surface area contributed by atoms with Gasteiger partial charge in [0.15, 0.2) is 0 Å². The van der Waals surface area contributed by atoms with Gasteiger partial charge in [0.1, 0.15) is 5.82 Å². The molecule has 1 aromatic heterocycles. The zero-order valence-corrected chi connectivity index (χ0v) is 18.4. The van der Waals surface area contributed by atoms with Crippen LogP contribution in [-0.2, 0) is 16.6 Å². The van der Waals surface area contributed by atoms with Crippen LogP contribution in [0.4, 0.5) is 0 Å². The minimum atomic E-state index is -0.187. The first-order chi connectivity index (χ1) is 14.1. The van der Waals surface area contributed by atoms with E-state index in [0.717, 1.165) is 18.9 Å². The first kappa shape index (κ1) is 22.3. The zero-order valence-electron chi connectivity index (χ0n) is 17.6. The predicted octanol–water partition coefficient (Wildman–Crippen LogP) is 1.94. The summed E-state index contributed by atoms with van der Waals surface area (Å²) < 4.78 is 2.07. The quantitative estimate of drug-likeness (QED) is 0.725. The summed E-state index contributed by atoms with van der Waals surface area (Å²) in [4.78, 5) is 35.7. The van der Waals surface area contributed by atoms with Crippen LogP contribution in [0.2, 0.25) is 0 Å². The van der Waals surface area contributed by atoms with Gasteiger partial charge in [0, 0.05) is 65.1 Å². The highest BCUT2D eigenvalue weighted by Gasteiger charge is 2.37. The fourth-order valence-corrected chi connectivity index (χ4v) is 4.50. The Morgan fingerprint density at radius 1 is 1.17 bits per heavy atom. The van der Waals surface area contributed by atoms with Gasteiger partial charge in [0.25, 0.3) is 0 Å². The van der Waals surface area contributed by atoms with E-state index in [0.29, 0.717) is 32.6 Å². The van der Waals surface area contributed by atoms with Crippen LogP contribution in [0.1, 0.15) is 30.8 Å². The molecule has 4 rings (SSSR count). The lowest BCUT2D eigenvalue weighted by Crippen LogP contribution is -2.51. The van der Waals surface area contributed by atoms with Crippen LogP contribution in [-0.4, -0.2) is 75.3 Å². The SMILES string of the molecule is CCN1CC(C(=O)N2CCN(C(c3ccccc3)c3nccn3C)CC2)CC1=O.Cl. The maximum atomic E-state index is 12.9. The lowest BCUT2D eigenvalue weighted by molar-refractivity contribution is -0.137. The number of hydrogen-bond donors (Lipinski definition) is 0. The van der Waals surface area contributed by atoms with Gasteiger partial charge in [-0.2, -0.15) is 0 Å². The third-order valence-corrected chi connectivity index (χ3v) is 6.15. The number of carbonyl (C=O) groups is 2. The summed E-state index contributed by atoms with van der Waals surface area (Å²) in [5.74, 6) is 1.05. The van der Waals surface area contributed by atoms with E-state index in [-0.39, 0.29) is 36.2 Å². The number of piperazine rings is 1. The molecule has 2 aromatic rings. The average molecular weight is 432 g/mol. The Bertz CT molecular complexity index is 863. The van der Waals surface area contributed by atoms with Crippen molar-refractivity contribution >= 4 is 24.2 Å². The molecule has 2 aliphatic rings. The fraction of sp³-hybridized carbons (Fsp3) is 0.500. The molecule has 162 valence electrons. The zero-order chi connectivity index (χ0) is 20.4. The van der Waals surface area contributed by atoms with Gasteiger partial charge in [-0.1, -0.05) is 30.3 Å². The first-order valence-electron chi connectivity index (χ1n) is 10.4. The van der Waals surface area contributed by atoms with E-state index >= 15 is 0 Å². The Labute approximate surface area is 184 Å². The Balaban J connectivity index is 0.00000256. The Morgan fingerprint density at radius 3 is 2.43 bits per heavy atom. The first-order valence-corrected chi connectivity index (χ1v) is 10.4. The molecule has 2 aliphatic heterocycles. The van der Waals surface area contributed by atoms with E-state index in [1.165, 1.54) is 5.56 Å². The molecule has 1 aromatic carbocycles. The van der Waals surface area contributed by atoms with Gasteiger partial charge in [-0.15, -0.1) is 12.4 Å². The largest absolute Gasteiger partial charge is 0.342 e. The normalized spacial score (nSPS) is 20.9. The molecule has 2 atom stereocenters. The van der Waals surface area contributed by atoms with E-state index in [4.69, 9.17) is 0 Å². The summed E-state index contributed by atoms with van der Waals surface area (Å²) in [5.41, 5.74) is 1.21. The number of aryl methyl sites for hydroxylation is 1. The van der Waals surface area contributed by atoms with Crippen molar-refractivity contribution in [3.05, 3.63) is 54.1 Å². The summed E-state index contributed by atoms with van der Waals surface area (Å²) in [5, 5.41) is 0. The fourth-order valence-electron chi connectivity index (χ4n) is 4.50. The summed E-state index contributed by atoms with van der Waals surface area (Å²) in [6, 6.07) is 10.5. The second kappa shape index (κ2) is 9.62. The summed E-state index contributed by atoms with van der Waals surface area (Å²) in [6.45, 7) is 6.15. The van der Waals surface area contributed by atoms with Crippen LogP contribution < -0.4 is 0 Å². The molecule has 30 heavy (non-hydrogen) atoms. The predicted molar refractivity (Wildman–Crippen MR) is 117 cm³/mol. The second-order valence-electron chi connectivity index (χ2n) is 7.90. The molecule has 2 amide bonds. The van der Waals surface area contributed by atoms with Crippen molar-refractivity contribution < 1.29 is 9.59 Å². The molecule has 0 bridgehead atoms. The van der Waals surface area contributed by atoms with Crippen LogP contribution in [0.3, 0.4) is 0 Å². The molecule has 3 heterocycles. The Kier molecular flexibility index (Phi) is 7.15. The number of amides is 2. The summed E-state index contributed by atoms with van der Waals surface area (Å²) in [6.07, 6.45) is 4.16. The van der Waals surface area contributed by atoms with Crippen molar-refractivity contribution in [2.45, 2.75) is 19.4 Å². The molecule has 8 heteroatoms. The highest BCUT2D eigenvalue weighted by atomic mass is 35.5. The number of imidazole rings is 1. The number of nitrogens with zero attached hydrogens (tertiary/aromatic N) is 5. The number of rotatable bonds is 5. The molecule has 0 saturated carbocycles. The van der Waals surface area contributed by atoms with Gasteiger partial charge in [0.2, 0.25) is 11.8 Å². The van der Waals surface area contributed by atoms with E-state index in [2.05, 4.69) is 38.7 Å². The molecule has 2 fully saturated rings. The molecule has 7 nitrogen and oxygen atoms in total. The highest BCUT2D eigenvalue weighted by Crippen LogP contribution is 2.29. The number of benzene rings is 1. The molecule has 0 aliphatic carbocycles. The van der Waals surface area contributed by atoms with Gasteiger partial charge >= 0.3 is 0 Å². The molecule has 0 N–H and O–H groups in total. The van der Waals surface area contributed by atoms with E-state index < -0.39 is 0 Å². The van der Waals surface area contributed by atoms with E-state index in [1.807, 2.05) is 37.3 Å². The number of halogens is 1. The minimum absolute atomic E-state index is 0. The molecule has 0 radical (unpaired) electrons. The molecular weight excluding hydrogens is 402 g/mol. The van der Waals surface area contributed by atoms with Gasteiger partial charge in [0.05, 0.1) is 12.0 Å².